The van der Waals surface area contributed by atoms with Gasteiger partial charge in [0.15, 0.2) is 0 Å². The molecular weight excluding hydrogens is 312 g/mol. The molecule has 0 N–H and O–H groups in total. The SMILES string of the molecule is COC(=O)[C@H]1CN(C(=O)OC(C)(C)C)C(=O)[C@@H]1Cc1ccccn1. The Kier molecular flexibility index (Phi) is 5.21. The molecule has 7 heteroatoms. The molecule has 1 fully saturated rings. The molecule has 24 heavy (non-hydrogen) atoms. The number of hydrogen-bond donors (Lipinski definition) is 0. The highest BCUT2D eigenvalue weighted by Gasteiger charge is 2.48. The molecule has 130 valence electrons. The van der Waals surface area contributed by atoms with Crippen LogP contribution in [0.2, 0.25) is 0 Å². The van der Waals surface area contributed by atoms with Crippen LogP contribution in [0.3, 0.4) is 0 Å². The lowest BCUT2D eigenvalue weighted by atomic mass is 9.91. The maximum absolute atomic E-state index is 12.7. The summed E-state index contributed by atoms with van der Waals surface area (Å²) in [6.07, 6.45) is 1.14. The largest absolute Gasteiger partial charge is 0.469 e. The Morgan fingerprint density at radius 3 is 2.58 bits per heavy atom. The zero-order chi connectivity index (χ0) is 17.9. The summed E-state index contributed by atoms with van der Waals surface area (Å²) in [5.74, 6) is -2.38. The molecule has 1 saturated heterocycles. The second kappa shape index (κ2) is 6.98. The Labute approximate surface area is 140 Å². The Morgan fingerprint density at radius 1 is 1.33 bits per heavy atom. The van der Waals surface area contributed by atoms with Gasteiger partial charge in [-0.25, -0.2) is 9.69 Å². The van der Waals surface area contributed by atoms with E-state index in [4.69, 9.17) is 9.47 Å². The van der Waals surface area contributed by atoms with Crippen molar-refractivity contribution in [1.82, 2.24) is 9.88 Å². The molecule has 1 aliphatic rings. The van der Waals surface area contributed by atoms with E-state index in [-0.39, 0.29) is 13.0 Å². The van der Waals surface area contributed by atoms with Gasteiger partial charge in [-0.15, -0.1) is 0 Å². The van der Waals surface area contributed by atoms with Crippen molar-refractivity contribution < 1.29 is 23.9 Å². The number of rotatable bonds is 3. The number of nitrogens with zero attached hydrogens (tertiary/aromatic N) is 2. The average Bonchev–Trinajstić information content (AvgIpc) is 2.83. The van der Waals surface area contributed by atoms with E-state index in [1.165, 1.54) is 7.11 Å². The van der Waals surface area contributed by atoms with Crippen molar-refractivity contribution in [2.24, 2.45) is 11.8 Å². The number of amides is 2. The third kappa shape index (κ3) is 4.10. The third-order valence-electron chi connectivity index (χ3n) is 3.72. The molecule has 2 rings (SSSR count). The number of esters is 1. The summed E-state index contributed by atoms with van der Waals surface area (Å²) >= 11 is 0. The van der Waals surface area contributed by atoms with E-state index >= 15 is 0 Å². The highest BCUT2D eigenvalue weighted by atomic mass is 16.6. The van der Waals surface area contributed by atoms with Gasteiger partial charge in [-0.2, -0.15) is 0 Å². The molecule has 0 unspecified atom stereocenters. The molecule has 2 atom stereocenters. The van der Waals surface area contributed by atoms with Gasteiger partial charge in [0.25, 0.3) is 0 Å². The number of aromatic nitrogens is 1. The second-order valence-corrected chi connectivity index (χ2v) is 6.69. The van der Waals surface area contributed by atoms with E-state index in [1.807, 2.05) is 0 Å². The van der Waals surface area contributed by atoms with Gasteiger partial charge in [-0.1, -0.05) is 6.07 Å². The number of likely N-dealkylation sites (tertiary alicyclic amines) is 1. The molecule has 1 aromatic heterocycles. The molecule has 0 bridgehead atoms. The van der Waals surface area contributed by atoms with Crippen LogP contribution in [0.1, 0.15) is 26.5 Å². The van der Waals surface area contributed by atoms with Crippen LogP contribution in [0.5, 0.6) is 0 Å². The summed E-state index contributed by atoms with van der Waals surface area (Å²) < 4.78 is 10.0. The number of methoxy groups -OCH3 is 1. The van der Waals surface area contributed by atoms with E-state index < -0.39 is 35.4 Å². The molecular formula is C17H22N2O5. The van der Waals surface area contributed by atoms with Gasteiger partial charge in [-0.05, 0) is 32.9 Å². The minimum absolute atomic E-state index is 0.0437. The van der Waals surface area contributed by atoms with E-state index in [0.29, 0.717) is 5.69 Å². The van der Waals surface area contributed by atoms with Gasteiger partial charge in [-0.3, -0.25) is 14.6 Å². The van der Waals surface area contributed by atoms with Gasteiger partial charge in [0.2, 0.25) is 5.91 Å². The zero-order valence-electron chi connectivity index (χ0n) is 14.3. The smallest absolute Gasteiger partial charge is 0.417 e. The van der Waals surface area contributed by atoms with E-state index in [1.54, 1.807) is 45.2 Å². The number of pyridine rings is 1. The topological polar surface area (TPSA) is 85.8 Å². The average molecular weight is 334 g/mol. The lowest BCUT2D eigenvalue weighted by Gasteiger charge is -2.23. The van der Waals surface area contributed by atoms with Gasteiger partial charge in [0.1, 0.15) is 5.60 Å². The molecule has 1 aliphatic heterocycles. The fourth-order valence-electron chi connectivity index (χ4n) is 2.63. The molecule has 0 spiro atoms. The van der Waals surface area contributed by atoms with Crippen molar-refractivity contribution >= 4 is 18.0 Å². The number of carbonyl (C=O) groups excluding carboxylic acids is 3. The van der Waals surface area contributed by atoms with Crippen molar-refractivity contribution in [3.05, 3.63) is 30.1 Å². The number of imide groups is 1. The van der Waals surface area contributed by atoms with Crippen molar-refractivity contribution in [3.8, 4) is 0 Å². The van der Waals surface area contributed by atoms with Crippen molar-refractivity contribution in [2.45, 2.75) is 32.8 Å². The Morgan fingerprint density at radius 2 is 2.04 bits per heavy atom. The standard InChI is InChI=1S/C17H22N2O5/c1-17(2,3)24-16(22)19-10-13(15(21)23-4)12(14(19)20)9-11-7-5-6-8-18-11/h5-8,12-13H,9-10H2,1-4H3/t12-,13+/m1/s1. The molecule has 2 heterocycles. The van der Waals surface area contributed by atoms with Crippen LogP contribution in [0.25, 0.3) is 0 Å². The molecule has 0 saturated carbocycles. The molecule has 1 aromatic rings. The van der Waals surface area contributed by atoms with Gasteiger partial charge >= 0.3 is 12.1 Å². The lowest BCUT2D eigenvalue weighted by Crippen LogP contribution is -2.38. The normalized spacial score (nSPS) is 20.8. The van der Waals surface area contributed by atoms with E-state index in [0.717, 1.165) is 4.90 Å². The predicted molar refractivity (Wildman–Crippen MR) is 84.9 cm³/mol. The summed E-state index contributed by atoms with van der Waals surface area (Å²) in [6.45, 7) is 5.11. The number of ether oxygens (including phenoxy) is 2. The molecule has 7 nitrogen and oxygen atoms in total. The lowest BCUT2D eigenvalue weighted by molar-refractivity contribution is -0.147. The first-order chi connectivity index (χ1) is 11.2. The first-order valence-electron chi connectivity index (χ1n) is 7.75. The fraction of sp³-hybridized carbons (Fsp3) is 0.529. The molecule has 0 radical (unpaired) electrons. The van der Waals surface area contributed by atoms with E-state index in [9.17, 15) is 14.4 Å². The summed E-state index contributed by atoms with van der Waals surface area (Å²) in [5, 5.41) is 0. The van der Waals surface area contributed by atoms with Crippen LogP contribution >= 0.6 is 0 Å². The van der Waals surface area contributed by atoms with Crippen LogP contribution in [0.4, 0.5) is 4.79 Å². The summed E-state index contributed by atoms with van der Waals surface area (Å²) in [4.78, 5) is 42.1. The minimum Gasteiger partial charge on any atom is -0.469 e. The zero-order valence-corrected chi connectivity index (χ0v) is 14.3. The van der Waals surface area contributed by atoms with Crippen LogP contribution in [0, 0.1) is 11.8 Å². The quantitative estimate of drug-likeness (QED) is 0.784. The maximum atomic E-state index is 12.7. The monoisotopic (exact) mass is 334 g/mol. The number of carbonyl (C=O) groups is 3. The Balaban J connectivity index is 2.21. The van der Waals surface area contributed by atoms with Crippen LogP contribution in [0.15, 0.2) is 24.4 Å². The first kappa shape index (κ1) is 17.9. The number of hydrogen-bond acceptors (Lipinski definition) is 6. The Bertz CT molecular complexity index is 624. The van der Waals surface area contributed by atoms with Crippen LogP contribution in [-0.4, -0.2) is 47.1 Å². The minimum atomic E-state index is -0.745. The summed E-state index contributed by atoms with van der Waals surface area (Å²) in [6, 6.07) is 5.35. The van der Waals surface area contributed by atoms with Crippen LogP contribution < -0.4 is 0 Å². The summed E-state index contributed by atoms with van der Waals surface area (Å²) in [7, 11) is 1.26. The highest BCUT2D eigenvalue weighted by molar-refractivity contribution is 5.98. The van der Waals surface area contributed by atoms with Crippen LogP contribution in [-0.2, 0) is 25.5 Å². The van der Waals surface area contributed by atoms with Gasteiger partial charge in [0.05, 0.1) is 18.9 Å². The van der Waals surface area contributed by atoms with Crippen molar-refractivity contribution in [3.63, 3.8) is 0 Å². The first-order valence-corrected chi connectivity index (χ1v) is 7.75. The molecule has 0 aliphatic carbocycles. The molecule has 0 aromatic carbocycles. The van der Waals surface area contributed by atoms with E-state index in [2.05, 4.69) is 4.98 Å². The van der Waals surface area contributed by atoms with Crippen molar-refractivity contribution in [1.29, 1.82) is 0 Å². The maximum Gasteiger partial charge on any atom is 0.417 e. The fourth-order valence-corrected chi connectivity index (χ4v) is 2.63. The van der Waals surface area contributed by atoms with Gasteiger partial charge < -0.3 is 9.47 Å². The van der Waals surface area contributed by atoms with Gasteiger partial charge in [0, 0.05) is 24.9 Å². The van der Waals surface area contributed by atoms with Crippen molar-refractivity contribution in [2.75, 3.05) is 13.7 Å². The highest BCUT2D eigenvalue weighted by Crippen LogP contribution is 2.30. The second-order valence-electron chi connectivity index (χ2n) is 6.69. The third-order valence-corrected chi connectivity index (χ3v) is 3.72. The molecule has 2 amide bonds. The summed E-state index contributed by atoms with van der Waals surface area (Å²) in [5.41, 5.74) is -0.0483. The Hall–Kier alpha value is -2.44. The predicted octanol–water partition coefficient (Wildman–Crippen LogP) is 1.81.